The van der Waals surface area contributed by atoms with Crippen molar-refractivity contribution in [1.29, 1.82) is 0 Å². The number of carbonyl (C=O) groups is 2. The molecule has 6 heteroatoms. The third-order valence-corrected chi connectivity index (χ3v) is 2.76. The first-order chi connectivity index (χ1) is 9.68. The summed E-state index contributed by atoms with van der Waals surface area (Å²) in [4.78, 5) is 30.7. The number of benzene rings is 1. The molecule has 0 bridgehead atoms. The van der Waals surface area contributed by atoms with E-state index in [1.54, 1.807) is 30.3 Å². The van der Waals surface area contributed by atoms with Crippen LogP contribution < -0.4 is 5.32 Å². The van der Waals surface area contributed by atoms with E-state index < -0.39 is 17.8 Å². The minimum atomic E-state index is -0.990. The summed E-state index contributed by atoms with van der Waals surface area (Å²) in [7, 11) is 0. The molecule has 6 nitrogen and oxygen atoms in total. The van der Waals surface area contributed by atoms with Crippen molar-refractivity contribution in [2.45, 2.75) is 5.92 Å². The van der Waals surface area contributed by atoms with Crippen LogP contribution in [0.25, 0.3) is 0 Å². The predicted molar refractivity (Wildman–Crippen MR) is 71.2 cm³/mol. The number of carboxylic acid groups (broad SMARTS) is 1. The zero-order valence-corrected chi connectivity index (χ0v) is 10.6. The lowest BCUT2D eigenvalue weighted by Gasteiger charge is -2.13. The molecule has 20 heavy (non-hydrogen) atoms. The standard InChI is InChI=1S/C14H13N3O3/c18-13(12-9-15-6-7-16-12)17-8-11(14(19)20)10-4-2-1-3-5-10/h1-7,9,11H,8H2,(H,17,18)(H,19,20). The molecule has 0 radical (unpaired) electrons. The summed E-state index contributed by atoms with van der Waals surface area (Å²) in [5.74, 6) is -2.23. The Morgan fingerprint density at radius 2 is 1.95 bits per heavy atom. The van der Waals surface area contributed by atoms with Crippen LogP contribution >= 0.6 is 0 Å². The molecular weight excluding hydrogens is 258 g/mol. The van der Waals surface area contributed by atoms with E-state index in [1.165, 1.54) is 18.6 Å². The number of aromatic nitrogens is 2. The van der Waals surface area contributed by atoms with Gasteiger partial charge in [0.25, 0.3) is 5.91 Å². The molecule has 102 valence electrons. The summed E-state index contributed by atoms with van der Waals surface area (Å²) in [5.41, 5.74) is 0.796. The maximum Gasteiger partial charge on any atom is 0.312 e. The van der Waals surface area contributed by atoms with E-state index in [-0.39, 0.29) is 12.2 Å². The fourth-order valence-corrected chi connectivity index (χ4v) is 1.73. The average molecular weight is 271 g/mol. The number of nitrogens with one attached hydrogen (secondary N) is 1. The Morgan fingerprint density at radius 1 is 1.20 bits per heavy atom. The van der Waals surface area contributed by atoms with E-state index >= 15 is 0 Å². The van der Waals surface area contributed by atoms with Crippen molar-refractivity contribution < 1.29 is 14.7 Å². The number of nitrogens with zero attached hydrogens (tertiary/aromatic N) is 2. The molecule has 1 aromatic heterocycles. The van der Waals surface area contributed by atoms with Crippen molar-refractivity contribution in [3.05, 3.63) is 60.2 Å². The van der Waals surface area contributed by atoms with Crippen molar-refractivity contribution in [1.82, 2.24) is 15.3 Å². The minimum Gasteiger partial charge on any atom is -0.481 e. The van der Waals surface area contributed by atoms with E-state index in [0.717, 1.165) is 0 Å². The highest BCUT2D eigenvalue weighted by atomic mass is 16.4. The smallest absolute Gasteiger partial charge is 0.312 e. The number of rotatable bonds is 5. The molecule has 0 spiro atoms. The summed E-state index contributed by atoms with van der Waals surface area (Å²) < 4.78 is 0. The summed E-state index contributed by atoms with van der Waals surface area (Å²) in [6, 6.07) is 8.76. The zero-order chi connectivity index (χ0) is 14.4. The molecule has 0 fully saturated rings. The van der Waals surface area contributed by atoms with Gasteiger partial charge in [-0.15, -0.1) is 0 Å². The Balaban J connectivity index is 2.04. The summed E-state index contributed by atoms with van der Waals surface area (Å²) >= 11 is 0. The normalized spacial score (nSPS) is 11.6. The number of carbonyl (C=O) groups excluding carboxylic acids is 1. The second-order valence-electron chi connectivity index (χ2n) is 4.10. The van der Waals surface area contributed by atoms with Gasteiger partial charge >= 0.3 is 5.97 Å². The van der Waals surface area contributed by atoms with Crippen LogP contribution in [0.4, 0.5) is 0 Å². The van der Waals surface area contributed by atoms with Crippen molar-refractivity contribution in [3.8, 4) is 0 Å². The molecule has 1 heterocycles. The average Bonchev–Trinajstić information content (AvgIpc) is 2.49. The monoisotopic (exact) mass is 271 g/mol. The third kappa shape index (κ3) is 3.38. The molecule has 2 N–H and O–H groups in total. The largest absolute Gasteiger partial charge is 0.481 e. The molecule has 0 aliphatic rings. The maximum atomic E-state index is 11.8. The second kappa shape index (κ2) is 6.42. The van der Waals surface area contributed by atoms with E-state index in [0.29, 0.717) is 5.56 Å². The van der Waals surface area contributed by atoms with Crippen LogP contribution in [0.5, 0.6) is 0 Å². The van der Waals surface area contributed by atoms with Crippen molar-refractivity contribution >= 4 is 11.9 Å². The molecular formula is C14H13N3O3. The lowest BCUT2D eigenvalue weighted by atomic mass is 9.99. The van der Waals surface area contributed by atoms with Gasteiger partial charge in [-0.25, -0.2) is 4.98 Å². The Bertz CT molecular complexity index is 587. The Kier molecular flexibility index (Phi) is 4.39. The van der Waals surface area contributed by atoms with Crippen molar-refractivity contribution in [2.75, 3.05) is 6.54 Å². The van der Waals surface area contributed by atoms with Crippen LogP contribution in [0.15, 0.2) is 48.9 Å². The Hall–Kier alpha value is -2.76. The van der Waals surface area contributed by atoms with Gasteiger partial charge in [0.1, 0.15) is 5.69 Å². The number of aliphatic carboxylic acids is 1. The predicted octanol–water partition coefficient (Wildman–Crippen LogP) is 1.07. The summed E-state index contributed by atoms with van der Waals surface area (Å²) in [6.45, 7) is -0.00520. The minimum absolute atomic E-state index is 0.00520. The van der Waals surface area contributed by atoms with Gasteiger partial charge in [-0.2, -0.15) is 0 Å². The summed E-state index contributed by atoms with van der Waals surface area (Å²) in [6.07, 6.45) is 4.19. The van der Waals surface area contributed by atoms with Gasteiger partial charge in [0, 0.05) is 18.9 Å². The zero-order valence-electron chi connectivity index (χ0n) is 10.6. The molecule has 1 aromatic carbocycles. The van der Waals surface area contributed by atoms with Crippen LogP contribution in [-0.2, 0) is 4.79 Å². The van der Waals surface area contributed by atoms with Crippen LogP contribution in [0.3, 0.4) is 0 Å². The number of carboxylic acids is 1. The SMILES string of the molecule is O=C(NCC(C(=O)O)c1ccccc1)c1cnccn1. The molecule has 1 atom stereocenters. The van der Waals surface area contributed by atoms with E-state index in [1.807, 2.05) is 0 Å². The molecule has 2 rings (SSSR count). The van der Waals surface area contributed by atoms with Crippen LogP contribution in [0.2, 0.25) is 0 Å². The fraction of sp³-hybridized carbons (Fsp3) is 0.143. The highest BCUT2D eigenvalue weighted by Crippen LogP contribution is 2.14. The van der Waals surface area contributed by atoms with Gasteiger partial charge in [-0.05, 0) is 5.56 Å². The van der Waals surface area contributed by atoms with Gasteiger partial charge in [-0.3, -0.25) is 14.6 Å². The molecule has 1 unspecified atom stereocenters. The van der Waals surface area contributed by atoms with E-state index in [9.17, 15) is 14.7 Å². The molecule has 0 saturated heterocycles. The quantitative estimate of drug-likeness (QED) is 0.848. The van der Waals surface area contributed by atoms with Gasteiger partial charge in [0.15, 0.2) is 0 Å². The van der Waals surface area contributed by atoms with Gasteiger partial charge in [0.05, 0.1) is 12.1 Å². The first-order valence-electron chi connectivity index (χ1n) is 6.00. The Labute approximate surface area is 115 Å². The molecule has 0 aliphatic heterocycles. The molecule has 2 aromatic rings. The maximum absolute atomic E-state index is 11.8. The van der Waals surface area contributed by atoms with E-state index in [4.69, 9.17) is 0 Å². The molecule has 1 amide bonds. The topological polar surface area (TPSA) is 92.2 Å². The Morgan fingerprint density at radius 3 is 2.55 bits per heavy atom. The fourth-order valence-electron chi connectivity index (χ4n) is 1.73. The number of hydrogen-bond donors (Lipinski definition) is 2. The van der Waals surface area contributed by atoms with Gasteiger partial charge in [-0.1, -0.05) is 30.3 Å². The highest BCUT2D eigenvalue weighted by Gasteiger charge is 2.20. The lowest BCUT2D eigenvalue weighted by Crippen LogP contribution is -2.32. The summed E-state index contributed by atoms with van der Waals surface area (Å²) in [5, 5.41) is 11.8. The van der Waals surface area contributed by atoms with Crippen molar-refractivity contribution in [3.63, 3.8) is 0 Å². The second-order valence-corrected chi connectivity index (χ2v) is 4.10. The van der Waals surface area contributed by atoms with E-state index in [2.05, 4.69) is 15.3 Å². The van der Waals surface area contributed by atoms with Crippen LogP contribution in [-0.4, -0.2) is 33.5 Å². The molecule has 0 saturated carbocycles. The lowest BCUT2D eigenvalue weighted by molar-refractivity contribution is -0.138. The van der Waals surface area contributed by atoms with Crippen LogP contribution in [0, 0.1) is 0 Å². The first kappa shape index (κ1) is 13.7. The number of hydrogen-bond acceptors (Lipinski definition) is 4. The van der Waals surface area contributed by atoms with Gasteiger partial charge < -0.3 is 10.4 Å². The number of amides is 1. The highest BCUT2D eigenvalue weighted by molar-refractivity contribution is 5.92. The third-order valence-electron chi connectivity index (χ3n) is 2.76. The molecule has 0 aliphatic carbocycles. The van der Waals surface area contributed by atoms with Gasteiger partial charge in [0.2, 0.25) is 0 Å². The van der Waals surface area contributed by atoms with Crippen LogP contribution in [0.1, 0.15) is 22.0 Å². The van der Waals surface area contributed by atoms with Crippen molar-refractivity contribution in [2.24, 2.45) is 0 Å². The first-order valence-corrected chi connectivity index (χ1v) is 6.00.